The van der Waals surface area contributed by atoms with Crippen LogP contribution in [0.3, 0.4) is 0 Å². The van der Waals surface area contributed by atoms with E-state index in [4.69, 9.17) is 5.84 Å². The van der Waals surface area contributed by atoms with Crippen LogP contribution in [0.15, 0.2) is 0 Å². The Kier molecular flexibility index (Phi) is 4.46. The highest BCUT2D eigenvalue weighted by Crippen LogP contribution is 1.78. The minimum Gasteiger partial charge on any atom is -0.318 e. The van der Waals surface area contributed by atoms with Gasteiger partial charge >= 0.3 is 5.09 Å². The number of hydrogen-bond acceptors (Lipinski definition) is 6. The lowest BCUT2D eigenvalue weighted by atomic mass is 10.6. The number of hydrogen-bond donors (Lipinski definition) is 2. The van der Waals surface area contributed by atoms with E-state index in [-0.39, 0.29) is 6.54 Å². The van der Waals surface area contributed by atoms with Crippen molar-refractivity contribution in [3.05, 3.63) is 10.1 Å². The van der Waals surface area contributed by atoms with Gasteiger partial charge in [0, 0.05) is 6.54 Å². The maximum Gasteiger partial charge on any atom is 0.313 e. The SMILES string of the molecule is CNCCN(N)O[N+](=O)[O-]. The average Bonchev–Trinajstić information content (AvgIpc) is 1.82. The summed E-state index contributed by atoms with van der Waals surface area (Å²) >= 11 is 0. The number of nitrogens with zero attached hydrogens (tertiary/aromatic N) is 2. The molecule has 0 fully saturated rings. The summed E-state index contributed by atoms with van der Waals surface area (Å²) in [4.78, 5) is 13.5. The van der Waals surface area contributed by atoms with Gasteiger partial charge in [-0.15, -0.1) is 10.1 Å². The Hall–Kier alpha value is -0.920. The van der Waals surface area contributed by atoms with Crippen molar-refractivity contribution in [2.45, 2.75) is 0 Å². The van der Waals surface area contributed by atoms with E-state index in [9.17, 15) is 10.1 Å². The molecule has 0 aromatic heterocycles. The second-order valence-electron chi connectivity index (χ2n) is 1.55. The van der Waals surface area contributed by atoms with Gasteiger partial charge in [-0.25, -0.2) is 10.8 Å². The van der Waals surface area contributed by atoms with Gasteiger partial charge in [0.05, 0.1) is 6.54 Å². The molecule has 0 aliphatic heterocycles. The monoisotopic (exact) mass is 150 g/mol. The average molecular weight is 150 g/mol. The van der Waals surface area contributed by atoms with Crippen molar-refractivity contribution in [1.29, 1.82) is 0 Å². The molecule has 3 N–H and O–H groups in total. The molecular weight excluding hydrogens is 140 g/mol. The van der Waals surface area contributed by atoms with Gasteiger partial charge in [0.1, 0.15) is 0 Å². The van der Waals surface area contributed by atoms with Crippen LogP contribution in [0.4, 0.5) is 0 Å². The van der Waals surface area contributed by atoms with Crippen molar-refractivity contribution < 1.29 is 10.0 Å². The standard InChI is InChI=1S/C3H10N4O3/c1-5-2-3-6(4)10-7(8)9/h5H,2-4H2,1H3. The molecule has 7 heteroatoms. The zero-order valence-corrected chi connectivity index (χ0v) is 5.61. The van der Waals surface area contributed by atoms with E-state index < -0.39 is 5.09 Å². The van der Waals surface area contributed by atoms with Crippen molar-refractivity contribution in [1.82, 2.24) is 10.5 Å². The fraction of sp³-hybridized carbons (Fsp3) is 1.00. The molecule has 0 saturated carbocycles. The Morgan fingerprint density at radius 1 is 1.90 bits per heavy atom. The zero-order chi connectivity index (χ0) is 7.98. The van der Waals surface area contributed by atoms with Crippen molar-refractivity contribution in [3.8, 4) is 0 Å². The van der Waals surface area contributed by atoms with Gasteiger partial charge in [-0.3, -0.25) is 0 Å². The van der Waals surface area contributed by atoms with Crippen LogP contribution in [0.25, 0.3) is 0 Å². The summed E-state index contributed by atoms with van der Waals surface area (Å²) in [7, 11) is 1.71. The maximum atomic E-state index is 9.61. The second kappa shape index (κ2) is 4.91. The van der Waals surface area contributed by atoms with Crippen LogP contribution >= 0.6 is 0 Å². The summed E-state index contributed by atoms with van der Waals surface area (Å²) < 4.78 is 0. The predicted octanol–water partition coefficient (Wildman–Crippen LogP) is -1.50. The van der Waals surface area contributed by atoms with Gasteiger partial charge in [0.15, 0.2) is 0 Å². The Morgan fingerprint density at radius 3 is 2.90 bits per heavy atom. The molecule has 0 unspecified atom stereocenters. The van der Waals surface area contributed by atoms with Gasteiger partial charge in [0.25, 0.3) is 0 Å². The number of hydroxylamine groups is 1. The Morgan fingerprint density at radius 2 is 2.50 bits per heavy atom. The third-order valence-electron chi connectivity index (χ3n) is 0.754. The van der Waals surface area contributed by atoms with Gasteiger partial charge in [-0.05, 0) is 7.05 Å². The third kappa shape index (κ3) is 5.22. The third-order valence-corrected chi connectivity index (χ3v) is 0.754. The molecule has 0 heterocycles. The first kappa shape index (κ1) is 9.08. The summed E-state index contributed by atoms with van der Waals surface area (Å²) in [5, 5.41) is 12.0. The Balaban J connectivity index is 3.25. The number of likely N-dealkylation sites (N-methyl/N-ethyl adjacent to an activating group) is 1. The van der Waals surface area contributed by atoms with Gasteiger partial charge in [0.2, 0.25) is 0 Å². The Labute approximate surface area is 57.8 Å². The number of nitrogens with one attached hydrogen (secondary N) is 1. The lowest BCUT2D eigenvalue weighted by Gasteiger charge is -2.10. The Bertz CT molecular complexity index is 108. The van der Waals surface area contributed by atoms with Crippen molar-refractivity contribution >= 4 is 0 Å². The van der Waals surface area contributed by atoms with E-state index in [1.165, 1.54) is 0 Å². The second-order valence-corrected chi connectivity index (χ2v) is 1.55. The molecule has 0 radical (unpaired) electrons. The van der Waals surface area contributed by atoms with Gasteiger partial charge in [-0.2, -0.15) is 0 Å². The molecule has 0 aliphatic carbocycles. The number of rotatable bonds is 5. The molecule has 0 atom stereocenters. The van der Waals surface area contributed by atoms with E-state index in [0.717, 1.165) is 0 Å². The molecule has 0 aromatic rings. The zero-order valence-electron chi connectivity index (χ0n) is 5.61. The van der Waals surface area contributed by atoms with Crippen LogP contribution in [0.1, 0.15) is 0 Å². The van der Waals surface area contributed by atoms with Crippen LogP contribution in [-0.4, -0.2) is 30.4 Å². The van der Waals surface area contributed by atoms with Crippen LogP contribution in [-0.2, 0) is 4.94 Å². The molecule has 0 amide bonds. The van der Waals surface area contributed by atoms with Gasteiger partial charge in [-0.1, -0.05) is 5.17 Å². The summed E-state index contributed by atoms with van der Waals surface area (Å²) in [5.41, 5.74) is 0. The van der Waals surface area contributed by atoms with Crippen LogP contribution in [0, 0.1) is 10.1 Å². The molecular formula is C3H10N4O3. The number of nitrogens with two attached hydrogens (primary N) is 1. The molecule has 0 bridgehead atoms. The first-order valence-electron chi connectivity index (χ1n) is 2.66. The van der Waals surface area contributed by atoms with Crippen LogP contribution in [0.5, 0.6) is 0 Å². The minimum atomic E-state index is -0.963. The molecule has 60 valence electrons. The van der Waals surface area contributed by atoms with Crippen molar-refractivity contribution in [2.75, 3.05) is 20.1 Å². The maximum absolute atomic E-state index is 9.61. The van der Waals surface area contributed by atoms with E-state index in [2.05, 4.69) is 10.3 Å². The molecule has 0 rings (SSSR count). The summed E-state index contributed by atoms with van der Waals surface area (Å²) in [6, 6.07) is 0. The van der Waals surface area contributed by atoms with E-state index in [1.54, 1.807) is 7.05 Å². The van der Waals surface area contributed by atoms with Gasteiger partial charge < -0.3 is 5.32 Å². The first-order valence-corrected chi connectivity index (χ1v) is 2.66. The highest BCUT2D eigenvalue weighted by Gasteiger charge is 2.01. The fourth-order valence-corrected chi connectivity index (χ4v) is 0.348. The van der Waals surface area contributed by atoms with Crippen LogP contribution in [0.2, 0.25) is 0 Å². The highest BCUT2D eigenvalue weighted by molar-refractivity contribution is 4.37. The number of hydrazine groups is 1. The summed E-state index contributed by atoms with van der Waals surface area (Å²) in [6.45, 7) is 0.793. The molecule has 0 spiro atoms. The molecule has 0 aliphatic rings. The van der Waals surface area contributed by atoms with Crippen molar-refractivity contribution in [3.63, 3.8) is 0 Å². The molecule has 10 heavy (non-hydrogen) atoms. The molecule has 7 nitrogen and oxygen atoms in total. The predicted molar refractivity (Wildman–Crippen MR) is 32.9 cm³/mol. The smallest absolute Gasteiger partial charge is 0.313 e. The molecule has 0 aromatic carbocycles. The van der Waals surface area contributed by atoms with Crippen molar-refractivity contribution in [2.24, 2.45) is 5.84 Å². The van der Waals surface area contributed by atoms with E-state index in [0.29, 0.717) is 11.7 Å². The van der Waals surface area contributed by atoms with E-state index in [1.807, 2.05) is 0 Å². The first-order chi connectivity index (χ1) is 4.66. The fourth-order valence-electron chi connectivity index (χ4n) is 0.348. The normalized spacial score (nSPS) is 9.90. The quantitative estimate of drug-likeness (QED) is 0.281. The lowest BCUT2D eigenvalue weighted by molar-refractivity contribution is -0.811. The van der Waals surface area contributed by atoms with Crippen LogP contribution < -0.4 is 11.2 Å². The highest BCUT2D eigenvalue weighted by atomic mass is 17.0. The lowest BCUT2D eigenvalue weighted by Crippen LogP contribution is -2.38. The molecule has 0 saturated heterocycles. The largest absolute Gasteiger partial charge is 0.318 e. The van der Waals surface area contributed by atoms with E-state index >= 15 is 0 Å². The summed E-state index contributed by atoms with van der Waals surface area (Å²) in [5.74, 6) is 4.99. The summed E-state index contributed by atoms with van der Waals surface area (Å²) in [6.07, 6.45) is 0. The minimum absolute atomic E-state index is 0.261. The topological polar surface area (TPSA) is 93.7 Å².